The first kappa shape index (κ1) is 34.8. The molecule has 2 atom stereocenters. The van der Waals surface area contributed by atoms with Crippen LogP contribution < -0.4 is 16.0 Å². The van der Waals surface area contributed by atoms with Crippen LogP contribution in [0, 0.1) is 23.0 Å². The van der Waals surface area contributed by atoms with Crippen molar-refractivity contribution < 1.29 is 38.4 Å². The fourth-order valence-electron chi connectivity index (χ4n) is 5.24. The Morgan fingerprint density at radius 2 is 1.67 bits per heavy atom. The van der Waals surface area contributed by atoms with Gasteiger partial charge in [-0.15, -0.1) is 0 Å². The maximum Gasteiger partial charge on any atom is 0.325 e. The topological polar surface area (TPSA) is 183 Å². The van der Waals surface area contributed by atoms with E-state index in [1.165, 1.54) is 25.1 Å². The lowest BCUT2D eigenvalue weighted by atomic mass is 9.84. The molecule has 3 amide bonds. The molecule has 1 fully saturated rings. The summed E-state index contributed by atoms with van der Waals surface area (Å²) in [6, 6.07) is 10.8. The van der Waals surface area contributed by atoms with E-state index >= 15 is 0 Å². The zero-order valence-electron chi connectivity index (χ0n) is 25.5. The molecular formula is C32H40N4O9. The summed E-state index contributed by atoms with van der Waals surface area (Å²) < 4.78 is 10.5. The number of para-hydroxylation sites is 1. The van der Waals surface area contributed by atoms with Crippen LogP contribution in [0.25, 0.3) is 0 Å². The molecule has 0 unspecified atom stereocenters. The van der Waals surface area contributed by atoms with Crippen molar-refractivity contribution in [2.45, 2.75) is 71.1 Å². The monoisotopic (exact) mass is 624 g/mol. The van der Waals surface area contributed by atoms with Crippen molar-refractivity contribution in [3.8, 4) is 0 Å². The van der Waals surface area contributed by atoms with Gasteiger partial charge in [-0.3, -0.25) is 34.1 Å². The summed E-state index contributed by atoms with van der Waals surface area (Å²) in [6.07, 6.45) is 4.90. The third-order valence-electron chi connectivity index (χ3n) is 7.53. The van der Waals surface area contributed by atoms with Crippen LogP contribution in [0.15, 0.2) is 48.5 Å². The van der Waals surface area contributed by atoms with Gasteiger partial charge in [0.1, 0.15) is 24.2 Å². The summed E-state index contributed by atoms with van der Waals surface area (Å²) in [6.45, 7) is 2.37. The predicted molar refractivity (Wildman–Crippen MR) is 163 cm³/mol. The Kier molecular flexibility index (Phi) is 13.6. The number of carbonyl (C=O) groups is 5. The number of aryl methyl sites for hydroxylation is 1. The molecule has 13 heteroatoms. The van der Waals surface area contributed by atoms with E-state index in [4.69, 9.17) is 9.47 Å². The van der Waals surface area contributed by atoms with E-state index < -0.39 is 53.0 Å². The van der Waals surface area contributed by atoms with Gasteiger partial charge in [0.05, 0.1) is 24.7 Å². The van der Waals surface area contributed by atoms with Crippen molar-refractivity contribution in [3.63, 3.8) is 0 Å². The van der Waals surface area contributed by atoms with E-state index in [9.17, 15) is 34.1 Å². The summed E-state index contributed by atoms with van der Waals surface area (Å²) in [7, 11) is 0. The molecule has 0 bridgehead atoms. The average Bonchev–Trinajstić information content (AvgIpc) is 3.03. The van der Waals surface area contributed by atoms with E-state index in [2.05, 4.69) is 16.0 Å². The zero-order chi connectivity index (χ0) is 32.8. The van der Waals surface area contributed by atoms with Crippen LogP contribution in [-0.2, 0) is 35.3 Å². The van der Waals surface area contributed by atoms with Gasteiger partial charge in [0.25, 0.3) is 17.5 Å². The van der Waals surface area contributed by atoms with Crippen LogP contribution in [0.2, 0.25) is 0 Å². The van der Waals surface area contributed by atoms with Gasteiger partial charge in [0.2, 0.25) is 11.7 Å². The maximum absolute atomic E-state index is 13.7. The normalized spacial score (nSPS) is 14.4. The van der Waals surface area contributed by atoms with Gasteiger partial charge >= 0.3 is 5.97 Å². The fraction of sp³-hybridized carbons (Fsp3) is 0.469. The predicted octanol–water partition coefficient (Wildman–Crippen LogP) is 2.92. The standard InChI is InChI=1S/C32H40N4O9/c1-3-45-27(37)18-33-32(41)29(38)26(20-44-19-23-14-8-5-9-15-23)35-31(40)25(17-22-12-6-4-7-13-22)34-30(39)24-16-10-11-21(2)28(24)36(42)43/h5,8-11,14-16,22,25-26H,3-4,6-7,12-13,17-20H2,1-2H3,(H,33,41)(H,34,39)(H,35,40)/t25-,26-/m0/s1. The number of nitrogens with one attached hydrogen (secondary N) is 3. The Balaban J connectivity index is 1.81. The fourth-order valence-corrected chi connectivity index (χ4v) is 5.24. The van der Waals surface area contributed by atoms with Gasteiger partial charge in [0.15, 0.2) is 0 Å². The van der Waals surface area contributed by atoms with Crippen molar-refractivity contribution >= 4 is 35.2 Å². The third kappa shape index (κ3) is 10.8. The average molecular weight is 625 g/mol. The molecule has 0 aromatic heterocycles. The Morgan fingerprint density at radius 1 is 0.956 bits per heavy atom. The number of nitro benzene ring substituents is 1. The summed E-state index contributed by atoms with van der Waals surface area (Å²) >= 11 is 0. The van der Waals surface area contributed by atoms with E-state index in [1.807, 2.05) is 30.3 Å². The molecule has 0 radical (unpaired) electrons. The maximum atomic E-state index is 13.7. The van der Waals surface area contributed by atoms with Gasteiger partial charge in [-0.05, 0) is 37.8 Å². The number of nitro groups is 1. The molecule has 0 saturated heterocycles. The molecule has 3 rings (SSSR count). The quantitative estimate of drug-likeness (QED) is 0.109. The molecule has 1 aliphatic rings. The summed E-state index contributed by atoms with van der Waals surface area (Å²) in [4.78, 5) is 75.7. The Morgan fingerprint density at radius 3 is 2.33 bits per heavy atom. The molecule has 3 N–H and O–H groups in total. The van der Waals surface area contributed by atoms with Gasteiger partial charge < -0.3 is 25.4 Å². The number of Topliss-reactive ketones (excluding diaryl/α,β-unsaturated/α-hetero) is 1. The lowest BCUT2D eigenvalue weighted by Crippen LogP contribution is -2.56. The molecule has 0 spiro atoms. The minimum Gasteiger partial charge on any atom is -0.465 e. The first-order chi connectivity index (χ1) is 21.6. The minimum absolute atomic E-state index is 0.0875. The number of benzene rings is 2. The number of nitrogens with zero attached hydrogens (tertiary/aromatic N) is 1. The van der Waals surface area contributed by atoms with Crippen molar-refractivity contribution in [3.05, 3.63) is 75.3 Å². The van der Waals surface area contributed by atoms with Crippen molar-refractivity contribution in [1.82, 2.24) is 16.0 Å². The third-order valence-corrected chi connectivity index (χ3v) is 7.53. The van der Waals surface area contributed by atoms with E-state index in [-0.39, 0.29) is 49.0 Å². The number of rotatable bonds is 16. The van der Waals surface area contributed by atoms with Crippen LogP contribution in [0.3, 0.4) is 0 Å². The number of amides is 3. The number of hydrogen-bond donors (Lipinski definition) is 3. The van der Waals surface area contributed by atoms with Crippen LogP contribution in [-0.4, -0.2) is 66.2 Å². The number of esters is 1. The second-order valence-corrected chi connectivity index (χ2v) is 10.9. The van der Waals surface area contributed by atoms with Crippen LogP contribution in [0.1, 0.15) is 66.9 Å². The first-order valence-corrected chi connectivity index (χ1v) is 15.0. The molecule has 2 aromatic carbocycles. The van der Waals surface area contributed by atoms with Crippen LogP contribution in [0.4, 0.5) is 5.69 Å². The number of ketones is 1. The van der Waals surface area contributed by atoms with Crippen molar-refractivity contribution in [2.75, 3.05) is 19.8 Å². The van der Waals surface area contributed by atoms with Gasteiger partial charge in [-0.2, -0.15) is 0 Å². The molecule has 2 aromatic rings. The molecule has 1 saturated carbocycles. The van der Waals surface area contributed by atoms with E-state index in [0.29, 0.717) is 0 Å². The highest BCUT2D eigenvalue weighted by molar-refractivity contribution is 6.38. The number of carbonyl (C=O) groups excluding carboxylic acids is 5. The Labute approximate surface area is 261 Å². The van der Waals surface area contributed by atoms with E-state index in [1.54, 1.807) is 6.92 Å². The van der Waals surface area contributed by atoms with Gasteiger partial charge in [0, 0.05) is 5.56 Å². The van der Waals surface area contributed by atoms with Crippen molar-refractivity contribution in [2.24, 2.45) is 5.92 Å². The van der Waals surface area contributed by atoms with Gasteiger partial charge in [-0.25, -0.2) is 0 Å². The van der Waals surface area contributed by atoms with Crippen molar-refractivity contribution in [1.29, 1.82) is 0 Å². The highest BCUT2D eigenvalue weighted by Crippen LogP contribution is 2.28. The SMILES string of the molecule is CCOC(=O)CNC(=O)C(=O)[C@H](COCc1ccccc1)NC(=O)[C@H](CC1CCCCC1)NC(=O)c1cccc(C)c1[N+](=O)[O-]. The second-order valence-electron chi connectivity index (χ2n) is 10.9. The molecule has 0 heterocycles. The van der Waals surface area contributed by atoms with E-state index in [0.717, 1.165) is 37.7 Å². The minimum atomic E-state index is -1.46. The second kappa shape index (κ2) is 17.6. The van der Waals surface area contributed by atoms with Crippen LogP contribution in [0.5, 0.6) is 0 Å². The number of hydrogen-bond acceptors (Lipinski definition) is 9. The van der Waals surface area contributed by atoms with Gasteiger partial charge in [-0.1, -0.05) is 74.6 Å². The Hall–Kier alpha value is -4.65. The summed E-state index contributed by atoms with van der Waals surface area (Å²) in [5.41, 5.74) is 0.519. The zero-order valence-corrected chi connectivity index (χ0v) is 25.5. The molecule has 0 aliphatic heterocycles. The lowest BCUT2D eigenvalue weighted by Gasteiger charge is -2.28. The van der Waals surface area contributed by atoms with Crippen LogP contribution >= 0.6 is 0 Å². The molecule has 13 nitrogen and oxygen atoms in total. The smallest absolute Gasteiger partial charge is 0.325 e. The Bertz CT molecular complexity index is 1360. The molecule has 45 heavy (non-hydrogen) atoms. The summed E-state index contributed by atoms with van der Waals surface area (Å²) in [5, 5.41) is 19.1. The largest absolute Gasteiger partial charge is 0.465 e. The highest BCUT2D eigenvalue weighted by atomic mass is 16.6. The lowest BCUT2D eigenvalue weighted by molar-refractivity contribution is -0.385. The number of ether oxygens (including phenoxy) is 2. The highest BCUT2D eigenvalue weighted by Gasteiger charge is 2.33. The first-order valence-electron chi connectivity index (χ1n) is 15.0. The molecule has 242 valence electrons. The molecular weight excluding hydrogens is 584 g/mol. The molecule has 1 aliphatic carbocycles. The summed E-state index contributed by atoms with van der Waals surface area (Å²) in [5.74, 6) is -4.38.